The van der Waals surface area contributed by atoms with Gasteiger partial charge in [-0.3, -0.25) is 9.97 Å². The molecule has 2 aromatic carbocycles. The Kier molecular flexibility index (Phi) is 4.22. The number of fused-ring (bicyclic) bond motifs is 3. The fourth-order valence-electron chi connectivity index (χ4n) is 2.09. The monoisotopic (exact) mass is 336 g/mol. The molecule has 0 aliphatic heterocycles. The highest BCUT2D eigenvalue weighted by molar-refractivity contribution is 9.10. The topological polar surface area (TPSA) is 25.8 Å². The zero-order chi connectivity index (χ0) is 14.5. The Morgan fingerprint density at radius 1 is 0.571 bits per heavy atom. The van der Waals surface area contributed by atoms with Gasteiger partial charge < -0.3 is 0 Å². The molecule has 0 saturated carbocycles. The van der Waals surface area contributed by atoms with Crippen molar-refractivity contribution in [1.29, 1.82) is 0 Å². The van der Waals surface area contributed by atoms with Gasteiger partial charge in [-0.25, -0.2) is 0 Å². The predicted octanol–water partition coefficient (Wildman–Crippen LogP) is 5.23. The minimum absolute atomic E-state index is 0.977. The molecule has 0 fully saturated rings. The number of hydrogen-bond acceptors (Lipinski definition) is 2. The summed E-state index contributed by atoms with van der Waals surface area (Å²) in [7, 11) is 0. The minimum Gasteiger partial charge on any atom is -0.254 e. The largest absolute Gasteiger partial charge is 0.254 e. The fourth-order valence-corrected chi connectivity index (χ4v) is 2.40. The lowest BCUT2D eigenvalue weighted by atomic mass is 10.1. The molecular formula is C18H13BrN2. The summed E-state index contributed by atoms with van der Waals surface area (Å²) in [5.74, 6) is 0. The van der Waals surface area contributed by atoms with Crippen LogP contribution < -0.4 is 0 Å². The number of halogens is 1. The van der Waals surface area contributed by atoms with Crippen LogP contribution in [0.2, 0.25) is 0 Å². The quantitative estimate of drug-likeness (QED) is 0.411. The number of benzene rings is 2. The lowest BCUT2D eigenvalue weighted by Gasteiger charge is -2.00. The van der Waals surface area contributed by atoms with Crippen molar-refractivity contribution in [3.63, 3.8) is 0 Å². The lowest BCUT2D eigenvalue weighted by Crippen LogP contribution is -1.83. The van der Waals surface area contributed by atoms with Gasteiger partial charge in [0.2, 0.25) is 0 Å². The van der Waals surface area contributed by atoms with E-state index < -0.39 is 0 Å². The average Bonchev–Trinajstić information content (AvgIpc) is 2.56. The maximum atomic E-state index is 4.35. The Bertz CT molecular complexity index is 805. The molecule has 2 nitrogen and oxygen atoms in total. The molecule has 0 saturated heterocycles. The molecule has 0 bridgehead atoms. The molecule has 0 unspecified atom stereocenters. The first kappa shape index (κ1) is 13.7. The van der Waals surface area contributed by atoms with E-state index in [0.29, 0.717) is 0 Å². The summed E-state index contributed by atoms with van der Waals surface area (Å²) in [6.07, 6.45) is 3.60. The van der Waals surface area contributed by atoms with Crippen LogP contribution in [0.25, 0.3) is 21.8 Å². The Hall–Kier alpha value is -2.26. The second-order valence-corrected chi connectivity index (χ2v) is 5.43. The van der Waals surface area contributed by atoms with Gasteiger partial charge in [0.1, 0.15) is 0 Å². The fraction of sp³-hybridized carbons (Fsp3) is 0. The van der Waals surface area contributed by atoms with Crippen LogP contribution >= 0.6 is 15.9 Å². The molecule has 0 radical (unpaired) electrons. The summed E-state index contributed by atoms with van der Waals surface area (Å²) in [4.78, 5) is 8.69. The van der Waals surface area contributed by atoms with Gasteiger partial charge >= 0.3 is 0 Å². The van der Waals surface area contributed by atoms with Crippen LogP contribution in [0.1, 0.15) is 0 Å². The van der Waals surface area contributed by atoms with Crippen LogP contribution in [0.3, 0.4) is 0 Å². The van der Waals surface area contributed by atoms with Crippen LogP contribution in [0.4, 0.5) is 0 Å². The van der Waals surface area contributed by atoms with E-state index in [4.69, 9.17) is 0 Å². The van der Waals surface area contributed by atoms with Crippen molar-refractivity contribution in [1.82, 2.24) is 9.97 Å². The number of aromatic nitrogens is 2. The molecule has 0 aliphatic carbocycles. The van der Waals surface area contributed by atoms with E-state index in [9.17, 15) is 0 Å². The number of rotatable bonds is 0. The molecular weight excluding hydrogens is 324 g/mol. The van der Waals surface area contributed by atoms with Crippen molar-refractivity contribution in [2.45, 2.75) is 0 Å². The normalized spacial score (nSPS) is 10.1. The molecule has 0 aliphatic rings. The Labute approximate surface area is 131 Å². The summed E-state index contributed by atoms with van der Waals surface area (Å²) >= 11 is 3.31. The van der Waals surface area contributed by atoms with Gasteiger partial charge in [-0.2, -0.15) is 0 Å². The van der Waals surface area contributed by atoms with Crippen molar-refractivity contribution in [2.75, 3.05) is 0 Å². The van der Waals surface area contributed by atoms with Crippen molar-refractivity contribution in [3.8, 4) is 0 Å². The average molecular weight is 337 g/mol. The van der Waals surface area contributed by atoms with Gasteiger partial charge in [-0.15, -0.1) is 0 Å². The highest BCUT2D eigenvalue weighted by atomic mass is 79.9. The van der Waals surface area contributed by atoms with Gasteiger partial charge in [0.15, 0.2) is 0 Å². The van der Waals surface area contributed by atoms with E-state index >= 15 is 0 Å². The van der Waals surface area contributed by atoms with E-state index in [2.05, 4.69) is 50.2 Å². The first-order chi connectivity index (χ1) is 10.3. The third-order valence-electron chi connectivity index (χ3n) is 3.08. The number of pyridine rings is 2. The summed E-state index contributed by atoms with van der Waals surface area (Å²) in [5.41, 5.74) is 1.95. The SMILES string of the molecule is Brc1ccccc1.c1cnc2c(c1)ccc1cccnc12. The zero-order valence-corrected chi connectivity index (χ0v) is 12.9. The Balaban J connectivity index is 0.000000160. The first-order valence-electron chi connectivity index (χ1n) is 6.63. The van der Waals surface area contributed by atoms with Crippen molar-refractivity contribution in [3.05, 3.63) is 83.6 Å². The predicted molar refractivity (Wildman–Crippen MR) is 91.2 cm³/mol. The molecule has 2 aromatic heterocycles. The molecule has 21 heavy (non-hydrogen) atoms. The molecule has 4 rings (SSSR count). The van der Waals surface area contributed by atoms with Gasteiger partial charge in [-0.05, 0) is 24.3 Å². The van der Waals surface area contributed by atoms with Crippen LogP contribution in [-0.2, 0) is 0 Å². The number of hydrogen-bond donors (Lipinski definition) is 0. The van der Waals surface area contributed by atoms with Crippen LogP contribution in [0.15, 0.2) is 83.6 Å². The molecule has 0 atom stereocenters. The molecule has 0 amide bonds. The van der Waals surface area contributed by atoms with E-state index in [1.54, 1.807) is 12.4 Å². The summed E-state index contributed by atoms with van der Waals surface area (Å²) in [6, 6.07) is 22.1. The van der Waals surface area contributed by atoms with E-state index in [1.807, 2.05) is 42.5 Å². The van der Waals surface area contributed by atoms with Gasteiger partial charge in [0.05, 0.1) is 11.0 Å². The second-order valence-electron chi connectivity index (χ2n) is 4.51. The Morgan fingerprint density at radius 3 is 1.52 bits per heavy atom. The highest BCUT2D eigenvalue weighted by Gasteiger charge is 2.00. The smallest absolute Gasteiger partial charge is 0.0964 e. The third kappa shape index (κ3) is 3.26. The summed E-state index contributed by atoms with van der Waals surface area (Å²) < 4.78 is 1.13. The second kappa shape index (κ2) is 6.46. The van der Waals surface area contributed by atoms with Crippen LogP contribution in [0.5, 0.6) is 0 Å². The molecule has 2 heterocycles. The summed E-state index contributed by atoms with van der Waals surface area (Å²) in [5, 5.41) is 2.28. The maximum Gasteiger partial charge on any atom is 0.0964 e. The Morgan fingerprint density at radius 2 is 1.10 bits per heavy atom. The van der Waals surface area contributed by atoms with E-state index in [0.717, 1.165) is 26.3 Å². The van der Waals surface area contributed by atoms with E-state index in [1.165, 1.54) is 0 Å². The highest BCUT2D eigenvalue weighted by Crippen LogP contribution is 2.20. The lowest BCUT2D eigenvalue weighted by molar-refractivity contribution is 1.37. The van der Waals surface area contributed by atoms with Gasteiger partial charge in [-0.1, -0.05) is 58.4 Å². The standard InChI is InChI=1S/C12H8N2.C6H5Br/c1-3-9-5-6-10-4-2-8-14-12(10)11(9)13-7-1;7-6-4-2-1-3-5-6/h1-8H;1-5H. The number of nitrogens with zero attached hydrogens (tertiary/aromatic N) is 2. The molecule has 0 spiro atoms. The molecule has 0 N–H and O–H groups in total. The maximum absolute atomic E-state index is 4.35. The van der Waals surface area contributed by atoms with Crippen molar-refractivity contribution >= 4 is 37.7 Å². The van der Waals surface area contributed by atoms with Crippen LogP contribution in [0, 0.1) is 0 Å². The van der Waals surface area contributed by atoms with Crippen LogP contribution in [-0.4, -0.2) is 9.97 Å². The third-order valence-corrected chi connectivity index (χ3v) is 3.61. The van der Waals surface area contributed by atoms with E-state index in [-0.39, 0.29) is 0 Å². The van der Waals surface area contributed by atoms with Gasteiger partial charge in [0, 0.05) is 27.6 Å². The molecule has 3 heteroatoms. The summed E-state index contributed by atoms with van der Waals surface area (Å²) in [6.45, 7) is 0. The zero-order valence-electron chi connectivity index (χ0n) is 11.3. The molecule has 4 aromatic rings. The minimum atomic E-state index is 0.977. The first-order valence-corrected chi connectivity index (χ1v) is 7.43. The molecule has 102 valence electrons. The van der Waals surface area contributed by atoms with Crippen molar-refractivity contribution in [2.24, 2.45) is 0 Å². The van der Waals surface area contributed by atoms with Crippen molar-refractivity contribution < 1.29 is 0 Å². The van der Waals surface area contributed by atoms with Gasteiger partial charge in [0.25, 0.3) is 0 Å².